The average Bonchev–Trinajstić information content (AvgIpc) is 2.79. The van der Waals surface area contributed by atoms with E-state index in [0.717, 1.165) is 24.1 Å². The van der Waals surface area contributed by atoms with E-state index >= 15 is 0 Å². The summed E-state index contributed by atoms with van der Waals surface area (Å²) in [6, 6.07) is 16.2. The lowest BCUT2D eigenvalue weighted by Gasteiger charge is -2.33. The van der Waals surface area contributed by atoms with Gasteiger partial charge >= 0.3 is 0 Å². The van der Waals surface area contributed by atoms with E-state index in [1.165, 1.54) is 6.92 Å². The van der Waals surface area contributed by atoms with Crippen LogP contribution < -0.4 is 15.4 Å². The largest absolute Gasteiger partial charge is 0.497 e. The van der Waals surface area contributed by atoms with E-state index in [0.29, 0.717) is 18.8 Å². The van der Waals surface area contributed by atoms with E-state index in [4.69, 9.17) is 4.74 Å². The number of likely N-dealkylation sites (tertiary alicyclic amines) is 1. The van der Waals surface area contributed by atoms with Crippen molar-refractivity contribution in [3.63, 3.8) is 0 Å². The summed E-state index contributed by atoms with van der Waals surface area (Å²) in [7, 11) is 1.59. The Bertz CT molecular complexity index is 899. The minimum absolute atomic E-state index is 0.0720. The third-order valence-corrected chi connectivity index (χ3v) is 5.46. The molecule has 3 rings (SSSR count). The molecule has 1 heterocycles. The molecular weight excluding hydrogens is 394 g/mol. The number of amides is 3. The number of carbonyl (C=O) groups excluding carboxylic acids is 3. The lowest BCUT2D eigenvalue weighted by atomic mass is 9.95. The summed E-state index contributed by atoms with van der Waals surface area (Å²) in [6.07, 6.45) is 1.65. The maximum Gasteiger partial charge on any atom is 0.229 e. The van der Waals surface area contributed by atoms with Crippen LogP contribution in [0.4, 0.5) is 5.69 Å². The van der Waals surface area contributed by atoms with Crippen LogP contribution >= 0.6 is 0 Å². The highest BCUT2D eigenvalue weighted by Crippen LogP contribution is 2.24. The topological polar surface area (TPSA) is 87.7 Å². The molecule has 0 bridgehead atoms. The van der Waals surface area contributed by atoms with Crippen LogP contribution in [-0.4, -0.2) is 42.8 Å². The molecule has 0 radical (unpaired) electrons. The van der Waals surface area contributed by atoms with E-state index in [-0.39, 0.29) is 30.1 Å². The van der Waals surface area contributed by atoms with Crippen molar-refractivity contribution in [3.05, 3.63) is 60.2 Å². The molecule has 2 aromatic carbocycles. The number of nitrogens with zero attached hydrogens (tertiary/aromatic N) is 1. The number of piperidine rings is 1. The van der Waals surface area contributed by atoms with Gasteiger partial charge in [-0.3, -0.25) is 14.4 Å². The molecule has 31 heavy (non-hydrogen) atoms. The van der Waals surface area contributed by atoms with Crippen molar-refractivity contribution in [2.75, 3.05) is 25.5 Å². The molecule has 0 aromatic heterocycles. The quantitative estimate of drug-likeness (QED) is 0.716. The number of carbonyl (C=O) groups is 3. The second-order valence-electron chi connectivity index (χ2n) is 7.76. The van der Waals surface area contributed by atoms with Crippen molar-refractivity contribution >= 4 is 23.4 Å². The number of benzene rings is 2. The molecule has 7 nitrogen and oxygen atoms in total. The van der Waals surface area contributed by atoms with Gasteiger partial charge in [0.15, 0.2) is 0 Å². The number of para-hydroxylation sites is 1. The molecule has 7 heteroatoms. The fraction of sp³-hybridized carbons (Fsp3) is 0.375. The highest BCUT2D eigenvalue weighted by Gasteiger charge is 2.30. The second-order valence-corrected chi connectivity index (χ2v) is 7.76. The maximum absolute atomic E-state index is 13.0. The van der Waals surface area contributed by atoms with Gasteiger partial charge in [-0.2, -0.15) is 0 Å². The molecule has 1 aliphatic rings. The van der Waals surface area contributed by atoms with Crippen molar-refractivity contribution in [1.29, 1.82) is 0 Å². The number of ether oxygens (including phenoxy) is 1. The third-order valence-electron chi connectivity index (χ3n) is 5.46. The van der Waals surface area contributed by atoms with Gasteiger partial charge in [-0.15, -0.1) is 0 Å². The number of anilines is 1. The number of hydrogen-bond acceptors (Lipinski definition) is 4. The summed E-state index contributed by atoms with van der Waals surface area (Å²) in [4.78, 5) is 39.1. The normalized spacial score (nSPS) is 16.8. The zero-order valence-corrected chi connectivity index (χ0v) is 18.0. The fourth-order valence-electron chi connectivity index (χ4n) is 3.82. The summed E-state index contributed by atoms with van der Waals surface area (Å²) in [5.41, 5.74) is 1.58. The predicted molar refractivity (Wildman–Crippen MR) is 119 cm³/mol. The van der Waals surface area contributed by atoms with Crippen LogP contribution in [0.25, 0.3) is 0 Å². The van der Waals surface area contributed by atoms with Gasteiger partial charge in [-0.25, -0.2) is 0 Å². The van der Waals surface area contributed by atoms with E-state index in [1.54, 1.807) is 24.1 Å². The minimum atomic E-state index is -0.436. The zero-order chi connectivity index (χ0) is 22.2. The molecule has 1 aliphatic heterocycles. The van der Waals surface area contributed by atoms with E-state index < -0.39 is 6.04 Å². The summed E-state index contributed by atoms with van der Waals surface area (Å²) < 4.78 is 5.18. The lowest BCUT2D eigenvalue weighted by Crippen LogP contribution is -2.45. The van der Waals surface area contributed by atoms with Crippen LogP contribution in [0.3, 0.4) is 0 Å². The SMILES string of the molecule is COc1ccc(C(CC(=O)N2CCCC(C(=O)Nc3ccccc3)C2)NC(C)=O)cc1. The van der Waals surface area contributed by atoms with Crippen molar-refractivity contribution in [3.8, 4) is 5.75 Å². The fourth-order valence-corrected chi connectivity index (χ4v) is 3.82. The van der Waals surface area contributed by atoms with E-state index in [9.17, 15) is 14.4 Å². The van der Waals surface area contributed by atoms with E-state index in [2.05, 4.69) is 10.6 Å². The average molecular weight is 424 g/mol. The first kappa shape index (κ1) is 22.3. The van der Waals surface area contributed by atoms with Crippen LogP contribution in [0.1, 0.15) is 37.8 Å². The van der Waals surface area contributed by atoms with Crippen LogP contribution in [0.5, 0.6) is 5.75 Å². The monoisotopic (exact) mass is 423 g/mol. The molecule has 0 aliphatic carbocycles. The number of nitrogens with one attached hydrogen (secondary N) is 2. The molecule has 2 unspecified atom stereocenters. The molecule has 2 aromatic rings. The van der Waals surface area contributed by atoms with Gasteiger partial charge in [0.05, 0.1) is 25.5 Å². The number of hydrogen-bond donors (Lipinski definition) is 2. The molecule has 3 amide bonds. The summed E-state index contributed by atoms with van der Waals surface area (Å²) in [5.74, 6) is 0.106. The second kappa shape index (κ2) is 10.6. The molecule has 0 spiro atoms. The summed E-state index contributed by atoms with van der Waals surface area (Å²) >= 11 is 0. The van der Waals surface area contributed by atoms with E-state index in [1.807, 2.05) is 42.5 Å². The number of rotatable bonds is 7. The Kier molecular flexibility index (Phi) is 7.65. The van der Waals surface area contributed by atoms with Gasteiger partial charge in [-0.05, 0) is 42.7 Å². The smallest absolute Gasteiger partial charge is 0.229 e. The Morgan fingerprint density at radius 2 is 1.81 bits per heavy atom. The van der Waals surface area contributed by atoms with Gasteiger partial charge in [0.2, 0.25) is 17.7 Å². The minimum Gasteiger partial charge on any atom is -0.497 e. The van der Waals surface area contributed by atoms with Crippen molar-refractivity contribution < 1.29 is 19.1 Å². The van der Waals surface area contributed by atoms with Gasteiger partial charge in [0, 0.05) is 25.7 Å². The van der Waals surface area contributed by atoms with Crippen molar-refractivity contribution in [2.24, 2.45) is 5.92 Å². The van der Waals surface area contributed by atoms with Gasteiger partial charge in [-0.1, -0.05) is 30.3 Å². The Balaban J connectivity index is 1.63. The summed E-state index contributed by atoms with van der Waals surface area (Å²) in [5, 5.41) is 5.79. The van der Waals surface area contributed by atoms with Crippen LogP contribution in [0, 0.1) is 5.92 Å². The lowest BCUT2D eigenvalue weighted by molar-refractivity contribution is -0.135. The summed E-state index contributed by atoms with van der Waals surface area (Å²) in [6.45, 7) is 2.43. The molecule has 2 N–H and O–H groups in total. The van der Waals surface area contributed by atoms with Gasteiger partial charge in [0.25, 0.3) is 0 Å². The number of methoxy groups -OCH3 is 1. The Hall–Kier alpha value is -3.35. The van der Waals surface area contributed by atoms with Gasteiger partial charge < -0.3 is 20.3 Å². The zero-order valence-electron chi connectivity index (χ0n) is 18.0. The maximum atomic E-state index is 13.0. The molecular formula is C24H29N3O4. The molecule has 1 saturated heterocycles. The van der Waals surface area contributed by atoms with Crippen LogP contribution in [-0.2, 0) is 14.4 Å². The first-order valence-electron chi connectivity index (χ1n) is 10.5. The standard InChI is InChI=1S/C24H29N3O4/c1-17(28)25-22(18-10-12-21(31-2)13-11-18)15-23(29)27-14-6-7-19(16-27)24(30)26-20-8-4-3-5-9-20/h3-5,8-13,19,22H,6-7,14-16H2,1-2H3,(H,25,28)(H,26,30). The highest BCUT2D eigenvalue weighted by atomic mass is 16.5. The molecule has 164 valence electrons. The molecule has 1 fully saturated rings. The first-order chi connectivity index (χ1) is 15.0. The molecule has 0 saturated carbocycles. The van der Waals surface area contributed by atoms with Crippen molar-refractivity contribution in [2.45, 2.75) is 32.2 Å². The Labute approximate surface area is 182 Å². The van der Waals surface area contributed by atoms with Crippen LogP contribution in [0.15, 0.2) is 54.6 Å². The third kappa shape index (κ3) is 6.31. The highest BCUT2D eigenvalue weighted by molar-refractivity contribution is 5.93. The van der Waals surface area contributed by atoms with Crippen molar-refractivity contribution in [1.82, 2.24) is 10.2 Å². The van der Waals surface area contributed by atoms with Gasteiger partial charge in [0.1, 0.15) is 5.75 Å². The molecule has 2 atom stereocenters. The first-order valence-corrected chi connectivity index (χ1v) is 10.5. The van der Waals surface area contributed by atoms with Crippen LogP contribution in [0.2, 0.25) is 0 Å². The Morgan fingerprint density at radius 3 is 2.45 bits per heavy atom. The predicted octanol–water partition coefficient (Wildman–Crippen LogP) is 3.14. The Morgan fingerprint density at radius 1 is 1.10 bits per heavy atom.